The summed E-state index contributed by atoms with van der Waals surface area (Å²) in [5.74, 6) is -0.691. The minimum atomic E-state index is -3.80. The Hall–Kier alpha value is -2.22. The SMILES string of the molecule is O=C(NO)C1CCCCN1S(=O)(=O)c1ccc(-c2ccccc2)cc1. The molecule has 2 aromatic carbocycles. The molecule has 132 valence electrons. The van der Waals surface area contributed by atoms with Crippen LogP contribution in [0.3, 0.4) is 0 Å². The van der Waals surface area contributed by atoms with Gasteiger partial charge in [0.25, 0.3) is 5.91 Å². The van der Waals surface area contributed by atoms with Crippen LogP contribution in [0.15, 0.2) is 59.5 Å². The quantitative estimate of drug-likeness (QED) is 0.647. The monoisotopic (exact) mass is 360 g/mol. The number of amides is 1. The topological polar surface area (TPSA) is 86.7 Å². The van der Waals surface area contributed by atoms with Gasteiger partial charge in [-0.2, -0.15) is 4.31 Å². The summed E-state index contributed by atoms with van der Waals surface area (Å²) in [6.45, 7) is 0.265. The Morgan fingerprint density at radius 1 is 1.00 bits per heavy atom. The number of carbonyl (C=O) groups excluding carboxylic acids is 1. The maximum Gasteiger partial charge on any atom is 0.261 e. The van der Waals surface area contributed by atoms with Crippen LogP contribution in [0.5, 0.6) is 0 Å². The van der Waals surface area contributed by atoms with Gasteiger partial charge in [0.1, 0.15) is 6.04 Å². The van der Waals surface area contributed by atoms with Crippen LogP contribution in [0.4, 0.5) is 0 Å². The molecule has 3 rings (SSSR count). The van der Waals surface area contributed by atoms with E-state index in [2.05, 4.69) is 0 Å². The molecule has 1 heterocycles. The largest absolute Gasteiger partial charge is 0.289 e. The lowest BCUT2D eigenvalue weighted by atomic mass is 10.0. The summed E-state index contributed by atoms with van der Waals surface area (Å²) in [6.07, 6.45) is 1.83. The fourth-order valence-electron chi connectivity index (χ4n) is 3.11. The molecule has 7 heteroatoms. The molecule has 25 heavy (non-hydrogen) atoms. The van der Waals surface area contributed by atoms with Gasteiger partial charge >= 0.3 is 0 Å². The smallest absolute Gasteiger partial charge is 0.261 e. The fourth-order valence-corrected chi connectivity index (χ4v) is 4.77. The number of piperidine rings is 1. The van der Waals surface area contributed by atoms with E-state index in [9.17, 15) is 13.2 Å². The number of carbonyl (C=O) groups is 1. The Morgan fingerprint density at radius 2 is 1.64 bits per heavy atom. The van der Waals surface area contributed by atoms with Gasteiger partial charge in [-0.3, -0.25) is 10.0 Å². The molecule has 2 N–H and O–H groups in total. The lowest BCUT2D eigenvalue weighted by Crippen LogP contribution is -2.51. The zero-order valence-electron chi connectivity index (χ0n) is 13.6. The zero-order valence-corrected chi connectivity index (χ0v) is 14.4. The predicted octanol–water partition coefficient (Wildman–Crippen LogP) is 2.40. The molecular weight excluding hydrogens is 340 g/mol. The van der Waals surface area contributed by atoms with Crippen molar-refractivity contribution in [1.29, 1.82) is 0 Å². The highest BCUT2D eigenvalue weighted by atomic mass is 32.2. The second-order valence-corrected chi connectivity index (χ2v) is 7.88. The molecule has 1 amide bonds. The van der Waals surface area contributed by atoms with Crippen molar-refractivity contribution < 1.29 is 18.4 Å². The molecule has 6 nitrogen and oxygen atoms in total. The highest BCUT2D eigenvalue weighted by molar-refractivity contribution is 7.89. The molecule has 1 aliphatic rings. The van der Waals surface area contributed by atoms with Gasteiger partial charge in [0.2, 0.25) is 10.0 Å². The van der Waals surface area contributed by atoms with Gasteiger partial charge < -0.3 is 0 Å². The van der Waals surface area contributed by atoms with Gasteiger partial charge in [-0.15, -0.1) is 0 Å². The third-order valence-corrected chi connectivity index (χ3v) is 6.36. The molecule has 0 saturated carbocycles. The fraction of sp³-hybridized carbons (Fsp3) is 0.278. The Labute approximate surface area is 147 Å². The first-order valence-electron chi connectivity index (χ1n) is 8.15. The van der Waals surface area contributed by atoms with Gasteiger partial charge in [-0.1, -0.05) is 48.9 Å². The molecule has 2 aromatic rings. The number of hydroxylamine groups is 1. The first-order valence-corrected chi connectivity index (χ1v) is 9.59. The summed E-state index contributed by atoms with van der Waals surface area (Å²) in [7, 11) is -3.80. The van der Waals surface area contributed by atoms with E-state index in [1.807, 2.05) is 30.3 Å². The maximum absolute atomic E-state index is 12.9. The number of rotatable bonds is 4. The number of sulfonamides is 1. The molecule has 1 aliphatic heterocycles. The van der Waals surface area contributed by atoms with E-state index in [1.165, 1.54) is 4.31 Å². The van der Waals surface area contributed by atoms with Crippen molar-refractivity contribution >= 4 is 15.9 Å². The van der Waals surface area contributed by atoms with E-state index in [1.54, 1.807) is 29.7 Å². The first-order chi connectivity index (χ1) is 12.0. The van der Waals surface area contributed by atoms with Gasteiger partial charge in [-0.25, -0.2) is 13.9 Å². The molecule has 1 fully saturated rings. The highest BCUT2D eigenvalue weighted by Gasteiger charge is 2.37. The average molecular weight is 360 g/mol. The highest BCUT2D eigenvalue weighted by Crippen LogP contribution is 2.27. The van der Waals surface area contributed by atoms with Crippen molar-refractivity contribution in [3.8, 4) is 11.1 Å². The van der Waals surface area contributed by atoms with Crippen LogP contribution in [-0.4, -0.2) is 36.4 Å². The van der Waals surface area contributed by atoms with Crippen LogP contribution in [0.1, 0.15) is 19.3 Å². The third kappa shape index (κ3) is 3.58. The average Bonchev–Trinajstić information content (AvgIpc) is 2.68. The maximum atomic E-state index is 12.9. The first kappa shape index (κ1) is 17.6. The summed E-state index contributed by atoms with van der Waals surface area (Å²) in [6, 6.07) is 15.4. The molecule has 0 spiro atoms. The van der Waals surface area contributed by atoms with Crippen LogP contribution in [-0.2, 0) is 14.8 Å². The Morgan fingerprint density at radius 3 is 2.28 bits per heavy atom. The molecule has 0 aliphatic carbocycles. The Kier molecular flexibility index (Phi) is 5.17. The standard InChI is InChI=1S/C18H20N2O4S/c21-18(19-22)17-8-4-5-13-20(17)25(23,24)16-11-9-15(10-12-16)14-6-2-1-3-7-14/h1-3,6-7,9-12,17,22H,4-5,8,13H2,(H,19,21). The van der Waals surface area contributed by atoms with Crippen LogP contribution in [0, 0.1) is 0 Å². The normalized spacial score (nSPS) is 18.7. The van der Waals surface area contributed by atoms with Crippen molar-refractivity contribution in [2.45, 2.75) is 30.2 Å². The van der Waals surface area contributed by atoms with Crippen LogP contribution in [0.2, 0.25) is 0 Å². The lowest BCUT2D eigenvalue weighted by molar-refractivity contribution is -0.134. The Balaban J connectivity index is 1.90. The Bertz CT molecular complexity index is 835. The van der Waals surface area contributed by atoms with Crippen molar-refractivity contribution in [3.05, 3.63) is 54.6 Å². The molecule has 0 bridgehead atoms. The minimum Gasteiger partial charge on any atom is -0.289 e. The number of hydrogen-bond acceptors (Lipinski definition) is 4. The number of benzene rings is 2. The van der Waals surface area contributed by atoms with Gasteiger partial charge in [0.05, 0.1) is 4.90 Å². The van der Waals surface area contributed by atoms with Crippen molar-refractivity contribution in [2.75, 3.05) is 6.54 Å². The van der Waals surface area contributed by atoms with Gasteiger partial charge in [0.15, 0.2) is 0 Å². The predicted molar refractivity (Wildman–Crippen MR) is 93.3 cm³/mol. The van der Waals surface area contributed by atoms with Crippen LogP contribution >= 0.6 is 0 Å². The number of nitrogens with one attached hydrogen (secondary N) is 1. The van der Waals surface area contributed by atoms with Gasteiger partial charge in [0, 0.05) is 6.54 Å². The van der Waals surface area contributed by atoms with E-state index in [0.717, 1.165) is 17.5 Å². The van der Waals surface area contributed by atoms with Gasteiger partial charge in [-0.05, 0) is 36.1 Å². The molecule has 1 saturated heterocycles. The van der Waals surface area contributed by atoms with E-state index in [4.69, 9.17) is 5.21 Å². The summed E-state index contributed by atoms with van der Waals surface area (Å²) in [5.41, 5.74) is 3.49. The van der Waals surface area contributed by atoms with Crippen LogP contribution in [0.25, 0.3) is 11.1 Å². The van der Waals surface area contributed by atoms with Crippen molar-refractivity contribution in [2.24, 2.45) is 0 Å². The number of hydrogen-bond donors (Lipinski definition) is 2. The van der Waals surface area contributed by atoms with E-state index < -0.39 is 22.0 Å². The zero-order chi connectivity index (χ0) is 17.9. The summed E-state index contributed by atoms with van der Waals surface area (Å²) < 4.78 is 27.0. The lowest BCUT2D eigenvalue weighted by Gasteiger charge is -2.33. The molecule has 1 atom stereocenters. The second kappa shape index (κ2) is 7.35. The summed E-state index contributed by atoms with van der Waals surface area (Å²) in [5, 5.41) is 8.88. The summed E-state index contributed by atoms with van der Waals surface area (Å²) in [4.78, 5) is 12.0. The molecular formula is C18H20N2O4S. The van der Waals surface area contributed by atoms with Crippen molar-refractivity contribution in [3.63, 3.8) is 0 Å². The van der Waals surface area contributed by atoms with Crippen LogP contribution < -0.4 is 5.48 Å². The second-order valence-electron chi connectivity index (χ2n) is 5.99. The third-order valence-electron chi connectivity index (χ3n) is 4.43. The summed E-state index contributed by atoms with van der Waals surface area (Å²) >= 11 is 0. The van der Waals surface area contributed by atoms with E-state index in [0.29, 0.717) is 12.8 Å². The number of nitrogens with zero attached hydrogens (tertiary/aromatic N) is 1. The molecule has 0 aromatic heterocycles. The van der Waals surface area contributed by atoms with Crippen molar-refractivity contribution in [1.82, 2.24) is 9.79 Å². The van der Waals surface area contributed by atoms with E-state index in [-0.39, 0.29) is 11.4 Å². The molecule has 1 unspecified atom stereocenters. The molecule has 0 radical (unpaired) electrons. The van der Waals surface area contributed by atoms with E-state index >= 15 is 0 Å². The minimum absolute atomic E-state index is 0.143.